The van der Waals surface area contributed by atoms with Crippen molar-refractivity contribution in [2.75, 3.05) is 6.54 Å². The first-order chi connectivity index (χ1) is 11.6. The van der Waals surface area contributed by atoms with Crippen molar-refractivity contribution in [3.8, 4) is 0 Å². The predicted octanol–water partition coefficient (Wildman–Crippen LogP) is 3.29. The van der Waals surface area contributed by atoms with E-state index in [2.05, 4.69) is 40.6 Å². The minimum Gasteiger partial charge on any atom is -0.361 e. The Morgan fingerprint density at radius 3 is 3.08 bits per heavy atom. The van der Waals surface area contributed by atoms with E-state index < -0.39 is 0 Å². The number of urea groups is 1. The van der Waals surface area contributed by atoms with Gasteiger partial charge in [0.15, 0.2) is 0 Å². The van der Waals surface area contributed by atoms with Crippen molar-refractivity contribution >= 4 is 16.9 Å². The number of fused-ring (bicyclic) bond motifs is 3. The summed E-state index contributed by atoms with van der Waals surface area (Å²) in [6.45, 7) is 4.98. The van der Waals surface area contributed by atoms with Crippen LogP contribution in [0, 0.1) is 6.92 Å². The highest BCUT2D eigenvalue weighted by Gasteiger charge is 2.30. The lowest BCUT2D eigenvalue weighted by Gasteiger charge is -2.33. The molecular weight excluding hydrogens is 304 g/mol. The maximum Gasteiger partial charge on any atom is 0.318 e. The third-order valence-corrected chi connectivity index (χ3v) is 4.69. The Hall–Kier alpha value is -2.76. The average molecular weight is 324 g/mol. The predicted molar refractivity (Wildman–Crippen MR) is 90.6 cm³/mol. The second-order valence-electron chi connectivity index (χ2n) is 6.27. The highest BCUT2D eigenvalue weighted by Crippen LogP contribution is 2.34. The molecule has 0 spiro atoms. The fourth-order valence-corrected chi connectivity index (χ4v) is 3.47. The fourth-order valence-electron chi connectivity index (χ4n) is 3.47. The van der Waals surface area contributed by atoms with Gasteiger partial charge in [0.25, 0.3) is 0 Å². The van der Waals surface area contributed by atoms with Crippen LogP contribution in [0.1, 0.15) is 35.7 Å². The summed E-state index contributed by atoms with van der Waals surface area (Å²) in [5, 5.41) is 8.09. The Bertz CT molecular complexity index is 895. The van der Waals surface area contributed by atoms with Gasteiger partial charge in [-0.1, -0.05) is 23.4 Å². The number of para-hydroxylation sites is 1. The van der Waals surface area contributed by atoms with Crippen molar-refractivity contribution in [2.45, 2.75) is 32.9 Å². The second-order valence-corrected chi connectivity index (χ2v) is 6.27. The minimum atomic E-state index is -0.0764. The van der Waals surface area contributed by atoms with Crippen LogP contribution in [0.5, 0.6) is 0 Å². The zero-order chi connectivity index (χ0) is 16.7. The lowest BCUT2D eigenvalue weighted by Crippen LogP contribution is -2.44. The normalized spacial score (nSPS) is 17.1. The van der Waals surface area contributed by atoms with Gasteiger partial charge < -0.3 is 19.7 Å². The molecular formula is C18H20N4O2. The first kappa shape index (κ1) is 14.8. The van der Waals surface area contributed by atoms with Crippen LogP contribution >= 0.6 is 0 Å². The number of nitrogens with one attached hydrogen (secondary N) is 2. The Morgan fingerprint density at radius 1 is 1.46 bits per heavy atom. The monoisotopic (exact) mass is 324 g/mol. The van der Waals surface area contributed by atoms with Crippen molar-refractivity contribution in [1.82, 2.24) is 20.4 Å². The van der Waals surface area contributed by atoms with Gasteiger partial charge >= 0.3 is 6.03 Å². The summed E-state index contributed by atoms with van der Waals surface area (Å²) in [5.41, 5.74) is 4.33. The Morgan fingerprint density at radius 2 is 2.29 bits per heavy atom. The summed E-state index contributed by atoms with van der Waals surface area (Å²) in [6, 6.07) is 10.1. The standard InChI is InChI=1S/C18H20N4O2/c1-11-9-13(21-24-11)10-19-18(23)22-8-7-15-14-5-3-4-6-16(14)20-17(15)12(22)2/h3-6,9,12,20H,7-8,10H2,1-2H3,(H,19,23). The highest BCUT2D eigenvalue weighted by atomic mass is 16.5. The summed E-state index contributed by atoms with van der Waals surface area (Å²) >= 11 is 0. The van der Waals surface area contributed by atoms with Crippen molar-refractivity contribution in [3.63, 3.8) is 0 Å². The van der Waals surface area contributed by atoms with Gasteiger partial charge in [-0.3, -0.25) is 0 Å². The third-order valence-electron chi connectivity index (χ3n) is 4.69. The van der Waals surface area contributed by atoms with E-state index >= 15 is 0 Å². The number of aromatic amines is 1. The van der Waals surface area contributed by atoms with Crippen LogP contribution < -0.4 is 5.32 Å². The van der Waals surface area contributed by atoms with E-state index in [0.717, 1.165) is 29.1 Å². The van der Waals surface area contributed by atoms with Gasteiger partial charge in [0.05, 0.1) is 12.6 Å². The molecule has 3 heterocycles. The molecule has 2 N–H and O–H groups in total. The van der Waals surface area contributed by atoms with E-state index in [0.29, 0.717) is 13.1 Å². The quantitative estimate of drug-likeness (QED) is 0.759. The molecule has 1 unspecified atom stereocenters. The van der Waals surface area contributed by atoms with Crippen molar-refractivity contribution in [2.24, 2.45) is 0 Å². The number of aromatic nitrogens is 2. The molecule has 0 radical (unpaired) electrons. The molecule has 0 saturated carbocycles. The van der Waals surface area contributed by atoms with Crippen LogP contribution in [-0.4, -0.2) is 27.6 Å². The first-order valence-electron chi connectivity index (χ1n) is 8.19. The lowest BCUT2D eigenvalue weighted by molar-refractivity contribution is 0.173. The Kier molecular flexibility index (Phi) is 3.52. The number of carbonyl (C=O) groups excluding carboxylic acids is 1. The van der Waals surface area contributed by atoms with Crippen LogP contribution in [-0.2, 0) is 13.0 Å². The molecule has 6 heteroatoms. The van der Waals surface area contributed by atoms with Gasteiger partial charge in [0.1, 0.15) is 11.5 Å². The summed E-state index contributed by atoms with van der Waals surface area (Å²) < 4.78 is 5.02. The summed E-state index contributed by atoms with van der Waals surface area (Å²) in [4.78, 5) is 17.9. The van der Waals surface area contributed by atoms with Crippen molar-refractivity contribution < 1.29 is 9.32 Å². The zero-order valence-electron chi connectivity index (χ0n) is 13.8. The summed E-state index contributed by atoms with van der Waals surface area (Å²) in [5.74, 6) is 0.744. The largest absolute Gasteiger partial charge is 0.361 e. The molecule has 0 bridgehead atoms. The van der Waals surface area contributed by atoms with Gasteiger partial charge in [0.2, 0.25) is 0 Å². The smallest absolute Gasteiger partial charge is 0.318 e. The van der Waals surface area contributed by atoms with Crippen LogP contribution in [0.25, 0.3) is 10.9 Å². The maximum absolute atomic E-state index is 12.6. The van der Waals surface area contributed by atoms with Crippen LogP contribution in [0.3, 0.4) is 0 Å². The first-order valence-corrected chi connectivity index (χ1v) is 8.19. The molecule has 1 aliphatic rings. The number of aryl methyl sites for hydroxylation is 1. The van der Waals surface area contributed by atoms with Crippen LogP contribution in [0.15, 0.2) is 34.9 Å². The minimum absolute atomic E-state index is 0.0141. The molecule has 2 aromatic heterocycles. The van der Waals surface area contributed by atoms with Crippen molar-refractivity contribution in [3.05, 3.63) is 53.0 Å². The maximum atomic E-state index is 12.6. The molecule has 0 aliphatic carbocycles. The Labute approximate surface area is 139 Å². The van der Waals surface area contributed by atoms with E-state index in [4.69, 9.17) is 4.52 Å². The topological polar surface area (TPSA) is 74.2 Å². The van der Waals surface area contributed by atoms with Crippen molar-refractivity contribution in [1.29, 1.82) is 0 Å². The molecule has 124 valence electrons. The number of H-pyrrole nitrogens is 1. The van der Waals surface area contributed by atoms with Gasteiger partial charge in [-0.15, -0.1) is 0 Å². The van der Waals surface area contributed by atoms with Gasteiger partial charge in [-0.2, -0.15) is 0 Å². The molecule has 4 rings (SSSR count). The molecule has 1 aromatic carbocycles. The zero-order valence-corrected chi connectivity index (χ0v) is 13.8. The molecule has 1 atom stereocenters. The summed E-state index contributed by atoms with van der Waals surface area (Å²) in [6.07, 6.45) is 0.861. The van der Waals surface area contributed by atoms with E-state index in [9.17, 15) is 4.79 Å². The van der Waals surface area contributed by atoms with Crippen LogP contribution in [0.2, 0.25) is 0 Å². The molecule has 6 nitrogen and oxygen atoms in total. The number of rotatable bonds is 2. The van der Waals surface area contributed by atoms with Crippen LogP contribution in [0.4, 0.5) is 4.79 Å². The number of carbonyl (C=O) groups is 1. The number of benzene rings is 1. The summed E-state index contributed by atoms with van der Waals surface area (Å²) in [7, 11) is 0. The number of amides is 2. The highest BCUT2D eigenvalue weighted by molar-refractivity contribution is 5.86. The number of hydrogen-bond acceptors (Lipinski definition) is 3. The molecule has 24 heavy (non-hydrogen) atoms. The second kappa shape index (κ2) is 5.70. The van der Waals surface area contributed by atoms with Gasteiger partial charge in [-0.05, 0) is 31.9 Å². The van der Waals surface area contributed by atoms with E-state index in [-0.39, 0.29) is 12.1 Å². The number of hydrogen-bond donors (Lipinski definition) is 2. The van der Waals surface area contributed by atoms with E-state index in [1.54, 1.807) is 0 Å². The Balaban J connectivity index is 1.52. The van der Waals surface area contributed by atoms with E-state index in [1.165, 1.54) is 10.9 Å². The molecule has 1 aliphatic heterocycles. The molecule has 3 aromatic rings. The molecule has 0 saturated heterocycles. The molecule has 0 fully saturated rings. The lowest BCUT2D eigenvalue weighted by atomic mass is 9.98. The van der Waals surface area contributed by atoms with E-state index in [1.807, 2.05) is 24.0 Å². The fraction of sp³-hybridized carbons (Fsp3) is 0.333. The average Bonchev–Trinajstić information content (AvgIpc) is 3.17. The van der Waals surface area contributed by atoms with Gasteiger partial charge in [-0.25, -0.2) is 4.79 Å². The SMILES string of the molecule is Cc1cc(CNC(=O)N2CCc3c([nH]c4ccccc34)C2C)no1. The molecule has 2 amide bonds. The van der Waals surface area contributed by atoms with Gasteiger partial charge in [0, 0.05) is 29.2 Å². The number of nitrogens with zero attached hydrogens (tertiary/aromatic N) is 2. The third kappa shape index (κ3) is 2.44.